The van der Waals surface area contributed by atoms with Gasteiger partial charge in [0.25, 0.3) is 11.5 Å². The molecule has 3 heterocycles. The minimum atomic E-state index is -0.187. The van der Waals surface area contributed by atoms with Crippen LogP contribution in [0.15, 0.2) is 119 Å². The van der Waals surface area contributed by atoms with Crippen molar-refractivity contribution in [3.05, 3.63) is 136 Å². The van der Waals surface area contributed by atoms with E-state index >= 15 is 0 Å². The highest BCUT2D eigenvalue weighted by Crippen LogP contribution is 2.31. The lowest BCUT2D eigenvalue weighted by molar-refractivity contribution is 0.0977. The molecule has 41 heavy (non-hydrogen) atoms. The molecule has 0 bridgehead atoms. The van der Waals surface area contributed by atoms with Crippen LogP contribution in [0.4, 0.5) is 5.69 Å². The average molecular weight is 561 g/mol. The monoisotopic (exact) mass is 560 g/mol. The van der Waals surface area contributed by atoms with Gasteiger partial charge in [0.2, 0.25) is 0 Å². The van der Waals surface area contributed by atoms with E-state index in [4.69, 9.17) is 9.47 Å². The van der Waals surface area contributed by atoms with Gasteiger partial charge in [-0.2, -0.15) is 0 Å². The number of hydrogen-bond donors (Lipinski definition) is 0. The highest BCUT2D eigenvalue weighted by atomic mass is 32.1. The van der Waals surface area contributed by atoms with Gasteiger partial charge in [0.15, 0.2) is 0 Å². The standard InChI is InChI=1S/C34H28N2O4S/c1-39-20-19-35(26-10-6-3-7-11-26)34(38)30-22-36-31(32-29(30)18-21-41-32)17-16-28(33(36)37)25-12-14-27(15-13-25)40-23-24-8-4-2-5-9-24/h2-18,21-22H,19-20,23H2,1H3. The quantitative estimate of drug-likeness (QED) is 0.190. The molecule has 0 saturated carbocycles. The maximum atomic E-state index is 14.0. The first-order valence-corrected chi connectivity index (χ1v) is 14.2. The molecule has 0 spiro atoms. The van der Waals surface area contributed by atoms with Crippen molar-refractivity contribution in [2.24, 2.45) is 0 Å². The summed E-state index contributed by atoms with van der Waals surface area (Å²) < 4.78 is 13.7. The fourth-order valence-corrected chi connectivity index (χ4v) is 5.86. The molecule has 0 radical (unpaired) electrons. The Hall–Kier alpha value is -4.72. The van der Waals surface area contributed by atoms with Gasteiger partial charge in [-0.3, -0.25) is 14.0 Å². The van der Waals surface area contributed by atoms with Gasteiger partial charge in [-0.1, -0.05) is 60.7 Å². The second-order valence-electron chi connectivity index (χ2n) is 9.60. The summed E-state index contributed by atoms with van der Waals surface area (Å²) in [4.78, 5) is 29.6. The van der Waals surface area contributed by atoms with Crippen LogP contribution in [0.2, 0.25) is 0 Å². The first kappa shape index (κ1) is 26.5. The molecule has 0 saturated heterocycles. The third-order valence-electron chi connectivity index (χ3n) is 7.04. The number of pyridine rings is 2. The minimum absolute atomic E-state index is 0.184. The predicted octanol–water partition coefficient (Wildman–Crippen LogP) is 7.05. The Labute approximate surface area is 241 Å². The van der Waals surface area contributed by atoms with Crippen LogP contribution >= 0.6 is 11.3 Å². The fourth-order valence-electron chi connectivity index (χ4n) is 4.93. The van der Waals surface area contributed by atoms with Crippen molar-refractivity contribution in [2.45, 2.75) is 6.61 Å². The molecule has 6 aromatic rings. The SMILES string of the molecule is COCCN(C(=O)c1cn2c(=O)c(-c3ccc(OCc4ccccc4)cc3)ccc2c2sccc12)c1ccccc1. The van der Waals surface area contributed by atoms with E-state index in [1.807, 2.05) is 109 Å². The zero-order chi connectivity index (χ0) is 28.2. The van der Waals surface area contributed by atoms with E-state index < -0.39 is 0 Å². The van der Waals surface area contributed by atoms with Gasteiger partial charge < -0.3 is 14.4 Å². The van der Waals surface area contributed by atoms with Gasteiger partial charge in [0.1, 0.15) is 12.4 Å². The lowest BCUT2D eigenvalue weighted by Gasteiger charge is -2.23. The number of carbonyl (C=O) groups excluding carboxylic acids is 1. The molecule has 204 valence electrons. The Kier molecular flexibility index (Phi) is 7.63. The van der Waals surface area contributed by atoms with Crippen LogP contribution in [-0.4, -0.2) is 30.6 Å². The minimum Gasteiger partial charge on any atom is -0.489 e. The van der Waals surface area contributed by atoms with Gasteiger partial charge in [0.05, 0.1) is 22.4 Å². The summed E-state index contributed by atoms with van der Waals surface area (Å²) >= 11 is 1.52. The summed E-state index contributed by atoms with van der Waals surface area (Å²) in [6, 6.07) is 32.8. The molecule has 0 unspecified atom stereocenters. The van der Waals surface area contributed by atoms with Crippen molar-refractivity contribution in [3.63, 3.8) is 0 Å². The molecule has 6 nitrogen and oxygen atoms in total. The van der Waals surface area contributed by atoms with Crippen molar-refractivity contribution < 1.29 is 14.3 Å². The van der Waals surface area contributed by atoms with Gasteiger partial charge in [-0.25, -0.2) is 0 Å². The molecule has 0 atom stereocenters. The zero-order valence-electron chi connectivity index (χ0n) is 22.5. The number of ether oxygens (including phenoxy) is 2. The number of rotatable bonds is 9. The number of thiophene rings is 1. The van der Waals surface area contributed by atoms with Crippen molar-refractivity contribution in [1.29, 1.82) is 0 Å². The lowest BCUT2D eigenvalue weighted by Crippen LogP contribution is -2.34. The summed E-state index contributed by atoms with van der Waals surface area (Å²) in [5, 5.41) is 2.78. The maximum absolute atomic E-state index is 14.0. The molecule has 0 aliphatic heterocycles. The van der Waals surface area contributed by atoms with E-state index in [1.165, 1.54) is 11.3 Å². The van der Waals surface area contributed by atoms with Crippen molar-refractivity contribution >= 4 is 38.5 Å². The number of fused-ring (bicyclic) bond motifs is 3. The normalized spacial score (nSPS) is 11.1. The maximum Gasteiger partial charge on any atom is 0.263 e. The molecule has 0 aliphatic carbocycles. The summed E-state index contributed by atoms with van der Waals surface area (Å²) in [6.07, 6.45) is 1.68. The van der Waals surface area contributed by atoms with Gasteiger partial charge in [0, 0.05) is 36.5 Å². The van der Waals surface area contributed by atoms with Crippen molar-refractivity contribution in [2.75, 3.05) is 25.2 Å². The van der Waals surface area contributed by atoms with E-state index in [-0.39, 0.29) is 11.5 Å². The molecule has 0 fully saturated rings. The second kappa shape index (κ2) is 11.8. The Morgan fingerprint density at radius 3 is 2.34 bits per heavy atom. The van der Waals surface area contributed by atoms with Crippen LogP contribution in [0, 0.1) is 0 Å². The highest BCUT2D eigenvalue weighted by Gasteiger charge is 2.22. The van der Waals surface area contributed by atoms with Crippen molar-refractivity contribution in [1.82, 2.24) is 4.40 Å². The number of hydrogen-bond acceptors (Lipinski definition) is 5. The Balaban J connectivity index is 1.37. The first-order chi connectivity index (χ1) is 20.1. The highest BCUT2D eigenvalue weighted by molar-refractivity contribution is 7.18. The third kappa shape index (κ3) is 5.37. The molecule has 0 aliphatic rings. The number of carbonyl (C=O) groups is 1. The molecule has 0 N–H and O–H groups in total. The summed E-state index contributed by atoms with van der Waals surface area (Å²) in [5.41, 5.74) is 4.24. The third-order valence-corrected chi connectivity index (χ3v) is 7.98. The molecule has 3 aromatic heterocycles. The van der Waals surface area contributed by atoms with E-state index in [9.17, 15) is 9.59 Å². The van der Waals surface area contributed by atoms with E-state index in [0.717, 1.165) is 38.2 Å². The average Bonchev–Trinajstić information content (AvgIpc) is 3.52. The number of amides is 1. The zero-order valence-corrected chi connectivity index (χ0v) is 23.3. The first-order valence-electron chi connectivity index (χ1n) is 13.3. The molecule has 3 aromatic carbocycles. The summed E-state index contributed by atoms with van der Waals surface area (Å²) in [5.74, 6) is 0.541. The van der Waals surface area contributed by atoms with Crippen LogP contribution in [0.3, 0.4) is 0 Å². The number of aromatic nitrogens is 1. The van der Waals surface area contributed by atoms with Crippen LogP contribution in [0.25, 0.3) is 26.7 Å². The van der Waals surface area contributed by atoms with Crippen LogP contribution in [-0.2, 0) is 11.3 Å². The number of benzene rings is 3. The molecule has 1 amide bonds. The van der Waals surface area contributed by atoms with E-state index in [0.29, 0.717) is 30.9 Å². The molecular formula is C34H28N2O4S. The molecule has 7 heteroatoms. The Bertz CT molecular complexity index is 1860. The van der Waals surface area contributed by atoms with Gasteiger partial charge in [-0.05, 0) is 59.0 Å². The van der Waals surface area contributed by atoms with Crippen molar-refractivity contribution in [3.8, 4) is 16.9 Å². The fraction of sp³-hybridized carbons (Fsp3) is 0.118. The summed E-state index contributed by atoms with van der Waals surface area (Å²) in [7, 11) is 1.61. The second-order valence-corrected chi connectivity index (χ2v) is 10.5. The summed E-state index contributed by atoms with van der Waals surface area (Å²) in [6.45, 7) is 1.24. The number of anilines is 1. The Morgan fingerprint density at radius 1 is 0.878 bits per heavy atom. The molecule has 6 rings (SSSR count). The number of methoxy groups -OCH3 is 1. The van der Waals surface area contributed by atoms with Crippen LogP contribution in [0.1, 0.15) is 15.9 Å². The van der Waals surface area contributed by atoms with Gasteiger partial charge in [-0.15, -0.1) is 11.3 Å². The topological polar surface area (TPSA) is 60.2 Å². The molecular weight excluding hydrogens is 532 g/mol. The van der Waals surface area contributed by atoms with E-state index in [1.54, 1.807) is 22.6 Å². The van der Waals surface area contributed by atoms with Gasteiger partial charge >= 0.3 is 0 Å². The van der Waals surface area contributed by atoms with Crippen LogP contribution in [0.5, 0.6) is 5.75 Å². The predicted molar refractivity (Wildman–Crippen MR) is 165 cm³/mol. The van der Waals surface area contributed by atoms with Crippen LogP contribution < -0.4 is 15.2 Å². The number of nitrogens with zero attached hydrogens (tertiary/aromatic N) is 2. The largest absolute Gasteiger partial charge is 0.489 e. The van der Waals surface area contributed by atoms with E-state index in [2.05, 4.69) is 0 Å². The lowest BCUT2D eigenvalue weighted by atomic mass is 10.1. The Morgan fingerprint density at radius 2 is 1.61 bits per heavy atom. The smallest absolute Gasteiger partial charge is 0.263 e. The number of para-hydroxylation sites is 1.